The van der Waals surface area contributed by atoms with Gasteiger partial charge in [0, 0.05) is 51.4 Å². The quantitative estimate of drug-likeness (QED) is 0.254. The van der Waals surface area contributed by atoms with Crippen LogP contribution in [0.3, 0.4) is 0 Å². The van der Waals surface area contributed by atoms with Gasteiger partial charge >= 0.3 is 8.80 Å². The number of nitrogens with zero attached hydrogens (tertiary/aromatic N) is 1. The van der Waals surface area contributed by atoms with E-state index in [1.54, 1.807) is 0 Å². The molecule has 8 heteroatoms. The average Bonchev–Trinajstić information content (AvgIpc) is 2.54. The van der Waals surface area contributed by atoms with Gasteiger partial charge in [0.1, 0.15) is 6.29 Å². The van der Waals surface area contributed by atoms with Crippen LogP contribution in [-0.4, -0.2) is 72.4 Å². The zero-order valence-corrected chi connectivity index (χ0v) is 15.9. The van der Waals surface area contributed by atoms with E-state index in [0.717, 1.165) is 12.8 Å². The molecule has 136 valence electrons. The predicted molar refractivity (Wildman–Crippen MR) is 91.2 cm³/mol. The maximum atomic E-state index is 11.5. The maximum absolute atomic E-state index is 11.5. The van der Waals surface area contributed by atoms with Gasteiger partial charge in [0.2, 0.25) is 6.41 Å². The highest BCUT2D eigenvalue weighted by molar-refractivity contribution is 6.61. The minimum atomic E-state index is -2.83. The molecule has 1 N–H and O–H groups in total. The molecule has 0 radical (unpaired) electrons. The lowest BCUT2D eigenvalue weighted by molar-refractivity contribution is -0.112. The number of aldehydes is 1. The molecule has 1 atom stereocenters. The van der Waals surface area contributed by atoms with E-state index in [1.807, 2.05) is 27.7 Å². The number of carbonyl (C=O) groups is 2. The van der Waals surface area contributed by atoms with Crippen molar-refractivity contribution < 1.29 is 22.9 Å². The molecule has 0 aliphatic rings. The number of amides is 1. The molecule has 0 heterocycles. The highest BCUT2D eigenvalue weighted by Crippen LogP contribution is 2.21. The van der Waals surface area contributed by atoms with Crippen LogP contribution in [0, 0.1) is 5.92 Å². The van der Waals surface area contributed by atoms with Gasteiger partial charge in [0.05, 0.1) is 0 Å². The van der Waals surface area contributed by atoms with Gasteiger partial charge in [-0.3, -0.25) is 4.79 Å². The summed E-state index contributed by atoms with van der Waals surface area (Å²) in [6.45, 7) is 11.9. The second-order valence-electron chi connectivity index (χ2n) is 5.05. The second kappa shape index (κ2) is 13.6. The first kappa shape index (κ1) is 22.2. The Bertz CT molecular complexity index is 303. The Morgan fingerprint density at radius 1 is 1.04 bits per heavy atom. The van der Waals surface area contributed by atoms with Crippen LogP contribution in [0.4, 0.5) is 0 Å². The Hall–Kier alpha value is -0.803. The molecule has 0 saturated heterocycles. The zero-order chi connectivity index (χ0) is 17.6. The summed E-state index contributed by atoms with van der Waals surface area (Å²) in [6.07, 6.45) is 1.64. The SMILES string of the molecule is CCO[Si](CC(C=O)CN(CC)CCNC=O)(OCC)OCC. The molecule has 0 bridgehead atoms. The number of carbonyl (C=O) groups excluding carboxylic acids is 2. The molecule has 0 spiro atoms. The third kappa shape index (κ3) is 9.16. The summed E-state index contributed by atoms with van der Waals surface area (Å²) in [5, 5.41) is 2.64. The van der Waals surface area contributed by atoms with E-state index in [-0.39, 0.29) is 5.92 Å². The molecule has 0 aliphatic heterocycles. The molecule has 0 fully saturated rings. The van der Waals surface area contributed by atoms with E-state index in [2.05, 4.69) is 10.2 Å². The third-order valence-electron chi connectivity index (χ3n) is 3.39. The molecule has 0 rings (SSSR count). The molecule has 0 aliphatic carbocycles. The highest BCUT2D eigenvalue weighted by Gasteiger charge is 2.43. The van der Waals surface area contributed by atoms with Gasteiger partial charge in [-0.05, 0) is 27.3 Å². The van der Waals surface area contributed by atoms with Gasteiger partial charge in [-0.2, -0.15) is 0 Å². The fraction of sp³-hybridized carbons (Fsp3) is 0.867. The van der Waals surface area contributed by atoms with Gasteiger partial charge in [-0.1, -0.05) is 6.92 Å². The maximum Gasteiger partial charge on any atom is 0.501 e. The van der Waals surface area contributed by atoms with Crippen LogP contribution in [0.2, 0.25) is 6.04 Å². The minimum Gasteiger partial charge on any atom is -0.374 e. The molecule has 7 nitrogen and oxygen atoms in total. The summed E-state index contributed by atoms with van der Waals surface area (Å²) in [5.41, 5.74) is 0. The lowest BCUT2D eigenvalue weighted by Crippen LogP contribution is -2.49. The van der Waals surface area contributed by atoms with Crippen molar-refractivity contribution >= 4 is 21.5 Å². The summed E-state index contributed by atoms with van der Waals surface area (Å²) in [6, 6.07) is 0.476. The molecule has 1 amide bonds. The van der Waals surface area contributed by atoms with Crippen LogP contribution in [-0.2, 0) is 22.9 Å². The Balaban J connectivity index is 4.81. The number of rotatable bonds is 16. The fourth-order valence-electron chi connectivity index (χ4n) is 2.43. The molecular weight excluding hydrogens is 316 g/mol. The largest absolute Gasteiger partial charge is 0.501 e. The first-order chi connectivity index (χ1) is 11.1. The smallest absolute Gasteiger partial charge is 0.374 e. The highest BCUT2D eigenvalue weighted by atomic mass is 28.4. The van der Waals surface area contributed by atoms with E-state index < -0.39 is 8.80 Å². The summed E-state index contributed by atoms with van der Waals surface area (Å²) in [7, 11) is -2.83. The molecule has 23 heavy (non-hydrogen) atoms. The molecule has 0 aromatic heterocycles. The van der Waals surface area contributed by atoms with Crippen LogP contribution in [0.5, 0.6) is 0 Å². The normalized spacial score (nSPS) is 13.1. The first-order valence-corrected chi connectivity index (χ1v) is 10.3. The first-order valence-electron chi connectivity index (χ1n) is 8.37. The van der Waals surface area contributed by atoms with E-state index >= 15 is 0 Å². The summed E-state index contributed by atoms with van der Waals surface area (Å²) in [5.74, 6) is -0.220. The summed E-state index contributed by atoms with van der Waals surface area (Å²) in [4.78, 5) is 24.0. The Morgan fingerprint density at radius 2 is 1.61 bits per heavy atom. The standard InChI is InChI=1S/C15H32N2O5Si/c1-5-17(10-9-16-14-19)11-15(12-18)13-23(20-6-2,21-7-3)22-8-4/h12,14-15H,5-11,13H2,1-4H3,(H,16,19). The number of hydrogen-bond donors (Lipinski definition) is 1. The monoisotopic (exact) mass is 348 g/mol. The lowest BCUT2D eigenvalue weighted by atomic mass is 10.2. The number of hydrogen-bond acceptors (Lipinski definition) is 6. The van der Waals surface area contributed by atoms with Gasteiger partial charge in [0.25, 0.3) is 0 Å². The molecular formula is C15H32N2O5Si. The number of likely N-dealkylation sites (N-methyl/N-ethyl adjacent to an activating group) is 1. The van der Waals surface area contributed by atoms with Gasteiger partial charge in [-0.15, -0.1) is 0 Å². The van der Waals surface area contributed by atoms with E-state index in [9.17, 15) is 9.59 Å². The van der Waals surface area contributed by atoms with Gasteiger partial charge in [0.15, 0.2) is 0 Å². The van der Waals surface area contributed by atoms with Crippen LogP contribution in [0.15, 0.2) is 0 Å². The van der Waals surface area contributed by atoms with Crippen LogP contribution in [0.1, 0.15) is 27.7 Å². The third-order valence-corrected chi connectivity index (χ3v) is 6.60. The topological polar surface area (TPSA) is 77.1 Å². The van der Waals surface area contributed by atoms with Crippen molar-refractivity contribution in [2.45, 2.75) is 33.7 Å². The predicted octanol–water partition coefficient (Wildman–Crippen LogP) is 0.918. The van der Waals surface area contributed by atoms with Crippen molar-refractivity contribution in [2.75, 3.05) is 46.0 Å². The van der Waals surface area contributed by atoms with Crippen molar-refractivity contribution in [1.82, 2.24) is 10.2 Å². The Kier molecular flexibility index (Phi) is 13.1. The van der Waals surface area contributed by atoms with Crippen LogP contribution in [0.25, 0.3) is 0 Å². The van der Waals surface area contributed by atoms with Crippen LogP contribution >= 0.6 is 0 Å². The van der Waals surface area contributed by atoms with E-state index in [1.165, 1.54) is 0 Å². The lowest BCUT2D eigenvalue weighted by Gasteiger charge is -2.32. The van der Waals surface area contributed by atoms with E-state index in [0.29, 0.717) is 51.9 Å². The molecule has 0 aromatic carbocycles. The van der Waals surface area contributed by atoms with Crippen molar-refractivity contribution in [3.63, 3.8) is 0 Å². The summed E-state index contributed by atoms with van der Waals surface area (Å²) >= 11 is 0. The Morgan fingerprint density at radius 3 is 2.00 bits per heavy atom. The molecule has 0 aromatic rings. The van der Waals surface area contributed by atoms with Crippen molar-refractivity contribution in [1.29, 1.82) is 0 Å². The van der Waals surface area contributed by atoms with Crippen LogP contribution < -0.4 is 5.32 Å². The van der Waals surface area contributed by atoms with Crippen molar-refractivity contribution in [3.8, 4) is 0 Å². The zero-order valence-electron chi connectivity index (χ0n) is 14.9. The van der Waals surface area contributed by atoms with Crippen molar-refractivity contribution in [2.24, 2.45) is 5.92 Å². The Labute approximate surface area is 141 Å². The molecule has 1 unspecified atom stereocenters. The van der Waals surface area contributed by atoms with E-state index in [4.69, 9.17) is 13.3 Å². The van der Waals surface area contributed by atoms with Gasteiger partial charge in [-0.25, -0.2) is 0 Å². The number of nitrogens with one attached hydrogen (secondary N) is 1. The summed E-state index contributed by atoms with van der Waals surface area (Å²) < 4.78 is 17.4. The van der Waals surface area contributed by atoms with Crippen molar-refractivity contribution in [3.05, 3.63) is 0 Å². The second-order valence-corrected chi connectivity index (χ2v) is 7.69. The minimum absolute atomic E-state index is 0.220. The van der Waals surface area contributed by atoms with Gasteiger partial charge < -0.3 is 28.3 Å². The average molecular weight is 349 g/mol. The molecule has 0 saturated carbocycles. The fourth-order valence-corrected chi connectivity index (χ4v) is 5.22.